The Kier molecular flexibility index (Phi) is 3.93. The molecule has 1 aliphatic heterocycles. The van der Waals surface area contributed by atoms with Gasteiger partial charge in [-0.15, -0.1) is 0 Å². The fourth-order valence-corrected chi connectivity index (χ4v) is 3.91. The van der Waals surface area contributed by atoms with E-state index in [9.17, 15) is 19.7 Å². The first-order chi connectivity index (χ1) is 14.6. The number of nitro benzene ring substituents is 1. The lowest BCUT2D eigenvalue weighted by molar-refractivity contribution is -0.383. The molecule has 0 N–H and O–H groups in total. The second-order valence-corrected chi connectivity index (χ2v) is 6.98. The zero-order valence-electron chi connectivity index (χ0n) is 15.6. The van der Waals surface area contributed by atoms with E-state index in [2.05, 4.69) is 0 Å². The van der Waals surface area contributed by atoms with Crippen LogP contribution in [0.5, 0.6) is 0 Å². The maximum Gasteiger partial charge on any atom is 0.277 e. The molecule has 0 unspecified atom stereocenters. The van der Waals surface area contributed by atoms with E-state index >= 15 is 0 Å². The van der Waals surface area contributed by atoms with Crippen molar-refractivity contribution in [2.75, 3.05) is 4.90 Å². The topological polar surface area (TPSA) is 80.5 Å². The number of benzene rings is 4. The summed E-state index contributed by atoms with van der Waals surface area (Å²) in [6, 6.07) is 24.4. The van der Waals surface area contributed by atoms with Crippen LogP contribution in [0, 0.1) is 10.1 Å². The molecule has 5 rings (SSSR count). The summed E-state index contributed by atoms with van der Waals surface area (Å²) in [5.74, 6) is -0.989. The van der Waals surface area contributed by atoms with Gasteiger partial charge in [-0.05, 0) is 41.5 Å². The predicted molar refractivity (Wildman–Crippen MR) is 114 cm³/mol. The molecule has 144 valence electrons. The first-order valence-corrected chi connectivity index (χ1v) is 9.30. The van der Waals surface area contributed by atoms with Gasteiger partial charge >= 0.3 is 0 Å². The molecule has 4 aromatic rings. The number of anilines is 1. The predicted octanol–water partition coefficient (Wildman–Crippen LogP) is 5.22. The Morgan fingerprint density at radius 2 is 1.30 bits per heavy atom. The van der Waals surface area contributed by atoms with Crippen molar-refractivity contribution in [1.29, 1.82) is 0 Å². The minimum absolute atomic E-state index is 0.128. The van der Waals surface area contributed by atoms with E-state index in [-0.39, 0.29) is 22.2 Å². The van der Waals surface area contributed by atoms with Crippen LogP contribution in [0.25, 0.3) is 21.9 Å². The molecule has 0 saturated heterocycles. The van der Waals surface area contributed by atoms with E-state index < -0.39 is 16.7 Å². The molecule has 1 aliphatic rings. The molecule has 6 heteroatoms. The minimum Gasteiger partial charge on any atom is -0.268 e. The van der Waals surface area contributed by atoms with Crippen molar-refractivity contribution in [2.45, 2.75) is 0 Å². The van der Waals surface area contributed by atoms with Crippen LogP contribution < -0.4 is 4.90 Å². The fraction of sp³-hybridized carbons (Fsp3) is 0. The van der Waals surface area contributed by atoms with Crippen molar-refractivity contribution in [2.24, 2.45) is 0 Å². The molecular formula is C24H14N2O4. The molecule has 4 aromatic carbocycles. The van der Waals surface area contributed by atoms with Crippen LogP contribution in [-0.2, 0) is 0 Å². The van der Waals surface area contributed by atoms with E-state index in [1.165, 1.54) is 12.1 Å². The number of amides is 2. The van der Waals surface area contributed by atoms with E-state index in [4.69, 9.17) is 0 Å². The summed E-state index contributed by atoms with van der Waals surface area (Å²) < 4.78 is 0. The second kappa shape index (κ2) is 6.63. The number of rotatable bonds is 3. The normalized spacial score (nSPS) is 13.0. The molecule has 0 aromatic heterocycles. The van der Waals surface area contributed by atoms with Gasteiger partial charge in [0.1, 0.15) is 0 Å². The lowest BCUT2D eigenvalue weighted by Gasteiger charge is -2.27. The Bertz CT molecular complexity index is 1320. The number of nitro groups is 1. The Morgan fingerprint density at radius 3 is 1.97 bits per heavy atom. The number of carbonyl (C=O) groups is 2. The highest BCUT2D eigenvalue weighted by atomic mass is 16.6. The largest absolute Gasteiger partial charge is 0.277 e. The van der Waals surface area contributed by atoms with Crippen LogP contribution in [0.15, 0.2) is 84.9 Å². The Balaban J connectivity index is 1.62. The smallest absolute Gasteiger partial charge is 0.268 e. The van der Waals surface area contributed by atoms with E-state index in [0.29, 0.717) is 11.1 Å². The van der Waals surface area contributed by atoms with Crippen molar-refractivity contribution < 1.29 is 14.5 Å². The van der Waals surface area contributed by atoms with Crippen LogP contribution in [0.2, 0.25) is 0 Å². The maximum atomic E-state index is 13.2. The molecule has 0 spiro atoms. The molecule has 0 radical (unpaired) electrons. The molecule has 0 saturated carbocycles. The monoisotopic (exact) mass is 394 g/mol. The van der Waals surface area contributed by atoms with Gasteiger partial charge in [0.05, 0.1) is 16.0 Å². The molecular weight excluding hydrogens is 380 g/mol. The molecule has 0 atom stereocenters. The molecule has 1 heterocycles. The summed E-state index contributed by atoms with van der Waals surface area (Å²) in [6.07, 6.45) is 0. The van der Waals surface area contributed by atoms with Crippen molar-refractivity contribution >= 4 is 34.0 Å². The van der Waals surface area contributed by atoms with Crippen LogP contribution in [-0.4, -0.2) is 16.7 Å². The van der Waals surface area contributed by atoms with Gasteiger partial charge in [0.15, 0.2) is 0 Å². The number of hydrogen-bond donors (Lipinski definition) is 0. The van der Waals surface area contributed by atoms with Crippen LogP contribution in [0.1, 0.15) is 20.7 Å². The van der Waals surface area contributed by atoms with E-state index in [1.807, 2.05) is 42.5 Å². The quantitative estimate of drug-likeness (QED) is 0.271. The highest BCUT2D eigenvalue weighted by molar-refractivity contribution is 6.36. The minimum atomic E-state index is -0.507. The number of nitrogens with zero attached hydrogens (tertiary/aromatic N) is 2. The average molecular weight is 394 g/mol. The molecule has 6 nitrogen and oxygen atoms in total. The lowest BCUT2D eigenvalue weighted by atomic mass is 9.92. The summed E-state index contributed by atoms with van der Waals surface area (Å²) in [7, 11) is 0. The summed E-state index contributed by atoms with van der Waals surface area (Å²) in [6.45, 7) is 0. The standard InChI is InChI=1S/C24H14N2O4/c27-23-19-8-4-7-18-21(26(29)30)14-13-20(22(18)19)24(28)25(23)17-11-9-16(10-12-17)15-5-2-1-3-6-15/h1-14H. The van der Waals surface area contributed by atoms with Crippen molar-refractivity contribution in [3.63, 3.8) is 0 Å². The molecule has 0 fully saturated rings. The number of imide groups is 1. The zero-order valence-corrected chi connectivity index (χ0v) is 15.6. The summed E-state index contributed by atoms with van der Waals surface area (Å²) >= 11 is 0. The zero-order chi connectivity index (χ0) is 20.8. The van der Waals surface area contributed by atoms with Gasteiger partial charge in [-0.1, -0.05) is 48.5 Å². The Morgan fingerprint density at radius 1 is 0.667 bits per heavy atom. The van der Waals surface area contributed by atoms with E-state index in [1.54, 1.807) is 30.3 Å². The van der Waals surface area contributed by atoms with Crippen LogP contribution >= 0.6 is 0 Å². The molecule has 0 aliphatic carbocycles. The summed E-state index contributed by atoms with van der Waals surface area (Å²) in [4.78, 5) is 38.4. The maximum absolute atomic E-state index is 13.2. The van der Waals surface area contributed by atoms with Gasteiger partial charge in [0.2, 0.25) is 0 Å². The van der Waals surface area contributed by atoms with Crippen LogP contribution in [0.4, 0.5) is 11.4 Å². The summed E-state index contributed by atoms with van der Waals surface area (Å²) in [5.41, 5.74) is 2.87. The van der Waals surface area contributed by atoms with Crippen molar-refractivity contribution in [1.82, 2.24) is 0 Å². The molecule has 0 bridgehead atoms. The van der Waals surface area contributed by atoms with Gasteiger partial charge in [-0.3, -0.25) is 19.7 Å². The SMILES string of the molecule is O=C1c2cccc3c([N+](=O)[O-])ccc(c23)C(=O)N1c1ccc(-c2ccccc2)cc1. The molecule has 2 amide bonds. The Labute approximate surface area is 171 Å². The average Bonchev–Trinajstić information content (AvgIpc) is 2.78. The van der Waals surface area contributed by atoms with E-state index in [0.717, 1.165) is 16.0 Å². The number of carbonyl (C=O) groups excluding carboxylic acids is 2. The third-order valence-electron chi connectivity index (χ3n) is 5.31. The van der Waals surface area contributed by atoms with Crippen molar-refractivity contribution in [3.05, 3.63) is 106 Å². The van der Waals surface area contributed by atoms with Gasteiger partial charge in [0.25, 0.3) is 17.5 Å². The highest BCUT2D eigenvalue weighted by Gasteiger charge is 2.35. The van der Waals surface area contributed by atoms with Crippen molar-refractivity contribution in [3.8, 4) is 11.1 Å². The number of hydrogen-bond acceptors (Lipinski definition) is 4. The first kappa shape index (κ1) is 17.8. The third-order valence-corrected chi connectivity index (χ3v) is 5.31. The first-order valence-electron chi connectivity index (χ1n) is 9.30. The lowest BCUT2D eigenvalue weighted by Crippen LogP contribution is -2.40. The van der Waals surface area contributed by atoms with Gasteiger partial charge in [0, 0.05) is 22.6 Å². The van der Waals surface area contributed by atoms with Gasteiger partial charge in [-0.2, -0.15) is 0 Å². The van der Waals surface area contributed by atoms with Gasteiger partial charge in [-0.25, -0.2) is 4.90 Å². The fourth-order valence-electron chi connectivity index (χ4n) is 3.91. The third kappa shape index (κ3) is 2.58. The Hall–Kier alpha value is -4.32. The second-order valence-electron chi connectivity index (χ2n) is 6.98. The highest BCUT2D eigenvalue weighted by Crippen LogP contribution is 2.37. The molecule has 30 heavy (non-hydrogen) atoms. The number of non-ortho nitro benzene ring substituents is 1. The summed E-state index contributed by atoms with van der Waals surface area (Å²) in [5, 5.41) is 12.0. The van der Waals surface area contributed by atoms with Crippen LogP contribution in [0.3, 0.4) is 0 Å². The van der Waals surface area contributed by atoms with Gasteiger partial charge < -0.3 is 0 Å².